The number of amides is 2. The molecule has 136 valence electrons. The van der Waals surface area contributed by atoms with Gasteiger partial charge in [0.1, 0.15) is 0 Å². The van der Waals surface area contributed by atoms with Crippen LogP contribution in [0.15, 0.2) is 54.6 Å². The summed E-state index contributed by atoms with van der Waals surface area (Å²) in [7, 11) is 0. The van der Waals surface area contributed by atoms with Crippen molar-refractivity contribution in [3.8, 4) is 11.1 Å². The van der Waals surface area contributed by atoms with Crippen molar-refractivity contribution < 1.29 is 14.3 Å². The maximum atomic E-state index is 12.7. The monoisotopic (exact) mass is 352 g/mol. The van der Waals surface area contributed by atoms with Crippen molar-refractivity contribution in [1.29, 1.82) is 0 Å². The average Bonchev–Trinajstić information content (AvgIpc) is 2.69. The maximum absolute atomic E-state index is 12.7. The van der Waals surface area contributed by atoms with E-state index in [1.165, 1.54) is 0 Å². The molecule has 2 aromatic carbocycles. The minimum atomic E-state index is -0.381. The Morgan fingerprint density at radius 1 is 1.00 bits per heavy atom. The van der Waals surface area contributed by atoms with E-state index in [-0.39, 0.29) is 18.0 Å². The van der Waals surface area contributed by atoms with E-state index < -0.39 is 0 Å². The Balaban J connectivity index is 1.56. The molecule has 0 spiro atoms. The molecule has 1 N–H and O–H groups in total. The van der Waals surface area contributed by atoms with Gasteiger partial charge in [0.05, 0.1) is 6.61 Å². The van der Waals surface area contributed by atoms with Crippen LogP contribution in [0.3, 0.4) is 0 Å². The standard InChI is InChI=1S/C21H24N2O3/c1-2-26-21(25)22-19-12-14-23(15-13-19)20(24)18-10-8-17(9-11-18)16-6-4-3-5-7-16/h3-11,19H,2,12-15H2,1H3,(H,22,25). The van der Waals surface area contributed by atoms with E-state index in [9.17, 15) is 9.59 Å². The first-order chi connectivity index (χ1) is 12.7. The summed E-state index contributed by atoms with van der Waals surface area (Å²) in [5.41, 5.74) is 2.93. The number of benzene rings is 2. The van der Waals surface area contributed by atoms with Gasteiger partial charge in [-0.3, -0.25) is 4.79 Å². The van der Waals surface area contributed by atoms with Gasteiger partial charge in [-0.25, -0.2) is 4.79 Å². The number of carbonyl (C=O) groups is 2. The van der Waals surface area contributed by atoms with Crippen LogP contribution in [0.1, 0.15) is 30.1 Å². The molecule has 0 aliphatic carbocycles. The third kappa shape index (κ3) is 4.42. The van der Waals surface area contributed by atoms with Crippen LogP contribution in [-0.2, 0) is 4.74 Å². The minimum Gasteiger partial charge on any atom is -0.450 e. The lowest BCUT2D eigenvalue weighted by Gasteiger charge is -2.32. The summed E-state index contributed by atoms with van der Waals surface area (Å²) in [6, 6.07) is 17.9. The number of nitrogens with zero attached hydrogens (tertiary/aromatic N) is 1. The third-order valence-corrected chi connectivity index (χ3v) is 4.62. The number of nitrogens with one attached hydrogen (secondary N) is 1. The topological polar surface area (TPSA) is 58.6 Å². The molecule has 1 aliphatic rings. The number of alkyl carbamates (subject to hydrolysis) is 1. The van der Waals surface area contributed by atoms with E-state index in [4.69, 9.17) is 4.74 Å². The fourth-order valence-electron chi connectivity index (χ4n) is 3.18. The number of hydrogen-bond acceptors (Lipinski definition) is 3. The first-order valence-corrected chi connectivity index (χ1v) is 9.05. The summed E-state index contributed by atoms with van der Waals surface area (Å²) < 4.78 is 4.91. The van der Waals surface area contributed by atoms with Crippen LogP contribution in [0.25, 0.3) is 11.1 Å². The predicted octanol–water partition coefficient (Wildman–Crippen LogP) is 3.70. The van der Waals surface area contributed by atoms with Gasteiger partial charge >= 0.3 is 6.09 Å². The lowest BCUT2D eigenvalue weighted by Crippen LogP contribution is -2.46. The highest BCUT2D eigenvalue weighted by molar-refractivity contribution is 5.94. The molecule has 2 amide bonds. The highest BCUT2D eigenvalue weighted by atomic mass is 16.5. The van der Waals surface area contributed by atoms with Gasteiger partial charge in [-0.05, 0) is 43.0 Å². The Kier molecular flexibility index (Phi) is 5.89. The molecule has 5 nitrogen and oxygen atoms in total. The molecule has 1 heterocycles. The maximum Gasteiger partial charge on any atom is 0.407 e. The zero-order valence-corrected chi connectivity index (χ0v) is 15.0. The quantitative estimate of drug-likeness (QED) is 0.913. The van der Waals surface area contributed by atoms with Crippen molar-refractivity contribution in [2.24, 2.45) is 0 Å². The van der Waals surface area contributed by atoms with E-state index in [0.717, 1.165) is 24.0 Å². The lowest BCUT2D eigenvalue weighted by atomic mass is 10.0. The van der Waals surface area contributed by atoms with Gasteiger partial charge in [-0.2, -0.15) is 0 Å². The Hall–Kier alpha value is -2.82. The molecule has 0 atom stereocenters. The molecule has 3 rings (SSSR count). The summed E-state index contributed by atoms with van der Waals surface area (Å²) in [6.45, 7) is 3.42. The second kappa shape index (κ2) is 8.52. The fraction of sp³-hybridized carbons (Fsp3) is 0.333. The van der Waals surface area contributed by atoms with Crippen LogP contribution < -0.4 is 5.32 Å². The molecule has 0 radical (unpaired) electrons. The van der Waals surface area contributed by atoms with Gasteiger partial charge in [0.2, 0.25) is 0 Å². The van der Waals surface area contributed by atoms with Crippen molar-refractivity contribution in [2.75, 3.05) is 19.7 Å². The normalized spacial score (nSPS) is 14.7. The molecular formula is C21H24N2O3. The van der Waals surface area contributed by atoms with E-state index in [0.29, 0.717) is 25.3 Å². The number of piperidine rings is 1. The molecular weight excluding hydrogens is 328 g/mol. The van der Waals surface area contributed by atoms with Crippen molar-refractivity contribution in [3.63, 3.8) is 0 Å². The van der Waals surface area contributed by atoms with E-state index >= 15 is 0 Å². The molecule has 1 fully saturated rings. The highest BCUT2D eigenvalue weighted by Crippen LogP contribution is 2.21. The van der Waals surface area contributed by atoms with Crippen molar-refractivity contribution in [3.05, 3.63) is 60.2 Å². The average molecular weight is 352 g/mol. The SMILES string of the molecule is CCOC(=O)NC1CCN(C(=O)c2ccc(-c3ccccc3)cc2)CC1. The van der Waals surface area contributed by atoms with Gasteiger partial charge < -0.3 is 15.0 Å². The molecule has 0 aromatic heterocycles. The Morgan fingerprint density at radius 3 is 2.23 bits per heavy atom. The zero-order chi connectivity index (χ0) is 18.4. The van der Waals surface area contributed by atoms with E-state index in [1.807, 2.05) is 47.4 Å². The van der Waals surface area contributed by atoms with Gasteiger partial charge in [0.25, 0.3) is 5.91 Å². The minimum absolute atomic E-state index is 0.0409. The first kappa shape index (κ1) is 18.0. The lowest BCUT2D eigenvalue weighted by molar-refractivity contribution is 0.0702. The van der Waals surface area contributed by atoms with Gasteiger partial charge in [-0.15, -0.1) is 0 Å². The Morgan fingerprint density at radius 2 is 1.62 bits per heavy atom. The molecule has 1 saturated heterocycles. The molecule has 2 aromatic rings. The molecule has 0 bridgehead atoms. The molecule has 0 saturated carbocycles. The van der Waals surface area contributed by atoms with Gasteiger partial charge in [-0.1, -0.05) is 42.5 Å². The third-order valence-electron chi connectivity index (χ3n) is 4.62. The summed E-state index contributed by atoms with van der Waals surface area (Å²) in [5, 5.41) is 2.85. The van der Waals surface area contributed by atoms with Crippen LogP contribution in [0.4, 0.5) is 4.79 Å². The summed E-state index contributed by atoms with van der Waals surface area (Å²) in [4.78, 5) is 26.0. The van der Waals surface area contributed by atoms with Crippen LogP contribution in [-0.4, -0.2) is 42.6 Å². The number of rotatable bonds is 4. The largest absolute Gasteiger partial charge is 0.450 e. The highest BCUT2D eigenvalue weighted by Gasteiger charge is 2.24. The van der Waals surface area contributed by atoms with Crippen LogP contribution in [0, 0.1) is 0 Å². The van der Waals surface area contributed by atoms with Crippen LogP contribution in [0.2, 0.25) is 0 Å². The fourth-order valence-corrected chi connectivity index (χ4v) is 3.18. The second-order valence-electron chi connectivity index (χ2n) is 6.37. The molecule has 26 heavy (non-hydrogen) atoms. The molecule has 1 aliphatic heterocycles. The Bertz CT molecular complexity index is 736. The smallest absolute Gasteiger partial charge is 0.407 e. The van der Waals surface area contributed by atoms with E-state index in [1.54, 1.807) is 6.92 Å². The number of carbonyl (C=O) groups excluding carboxylic acids is 2. The predicted molar refractivity (Wildman–Crippen MR) is 101 cm³/mol. The molecule has 0 unspecified atom stereocenters. The summed E-state index contributed by atoms with van der Waals surface area (Å²) in [5.74, 6) is 0.0409. The van der Waals surface area contributed by atoms with Crippen molar-refractivity contribution >= 4 is 12.0 Å². The zero-order valence-electron chi connectivity index (χ0n) is 15.0. The number of ether oxygens (including phenoxy) is 1. The summed E-state index contributed by atoms with van der Waals surface area (Å²) >= 11 is 0. The van der Waals surface area contributed by atoms with E-state index in [2.05, 4.69) is 17.4 Å². The van der Waals surface area contributed by atoms with Crippen LogP contribution in [0.5, 0.6) is 0 Å². The molecule has 5 heteroatoms. The van der Waals surface area contributed by atoms with Crippen molar-refractivity contribution in [1.82, 2.24) is 10.2 Å². The van der Waals surface area contributed by atoms with Gasteiger partial charge in [0, 0.05) is 24.7 Å². The number of hydrogen-bond donors (Lipinski definition) is 1. The first-order valence-electron chi connectivity index (χ1n) is 9.05. The van der Waals surface area contributed by atoms with Crippen molar-refractivity contribution in [2.45, 2.75) is 25.8 Å². The van der Waals surface area contributed by atoms with Gasteiger partial charge in [0.15, 0.2) is 0 Å². The number of likely N-dealkylation sites (tertiary alicyclic amines) is 1. The summed E-state index contributed by atoms with van der Waals surface area (Å²) in [6.07, 6.45) is 1.10. The Labute approximate surface area is 154 Å². The van der Waals surface area contributed by atoms with Crippen LogP contribution >= 0.6 is 0 Å². The second-order valence-corrected chi connectivity index (χ2v) is 6.37.